The Morgan fingerprint density at radius 2 is 1.35 bits per heavy atom. The molecular weight excluding hydrogens is 504 g/mol. The van der Waals surface area contributed by atoms with Crippen LogP contribution in [0.3, 0.4) is 0 Å². The first kappa shape index (κ1) is 21.2. The van der Waals surface area contributed by atoms with E-state index < -0.39 is 20.9 Å². The van der Waals surface area contributed by atoms with Crippen molar-refractivity contribution in [2.45, 2.75) is 13.2 Å². The molecule has 0 fully saturated rings. The van der Waals surface area contributed by atoms with Crippen LogP contribution >= 0.6 is 0 Å². The van der Waals surface area contributed by atoms with Crippen molar-refractivity contribution in [3.8, 4) is 17.6 Å². The van der Waals surface area contributed by atoms with Crippen LogP contribution in [0.25, 0.3) is 0 Å². The third-order valence-electron chi connectivity index (χ3n) is 4.42. The minimum absolute atomic E-state index is 0.317. The van der Waals surface area contributed by atoms with E-state index in [0.717, 1.165) is 20.5 Å². The summed E-state index contributed by atoms with van der Waals surface area (Å²) < 4.78 is 19.5. The van der Waals surface area contributed by atoms with Crippen molar-refractivity contribution in [1.82, 2.24) is 9.97 Å². The quantitative estimate of drug-likeness (QED) is 0.314. The van der Waals surface area contributed by atoms with E-state index in [2.05, 4.69) is 22.1 Å². The van der Waals surface area contributed by atoms with Crippen LogP contribution in [0.2, 0.25) is 0 Å². The average Bonchev–Trinajstić information content (AvgIpc) is 2.84. The Morgan fingerprint density at radius 1 is 0.742 bits per heavy atom. The SMILES string of the molecule is COc1ccc([Te]c2cnc(OCc3ccccc3)nc2OCc2ccccc2)cc1. The fraction of sp³-hybridized carbons (Fsp3) is 0.120. The first-order valence-corrected chi connectivity index (χ1v) is 12.2. The summed E-state index contributed by atoms with van der Waals surface area (Å²) >= 11 is -0.734. The van der Waals surface area contributed by atoms with Crippen molar-refractivity contribution in [2.75, 3.05) is 7.11 Å². The zero-order chi connectivity index (χ0) is 21.3. The summed E-state index contributed by atoms with van der Waals surface area (Å²) in [5.41, 5.74) is 2.15. The third kappa shape index (κ3) is 6.21. The molecule has 4 rings (SSSR count). The van der Waals surface area contributed by atoms with Crippen molar-refractivity contribution in [3.63, 3.8) is 0 Å². The van der Waals surface area contributed by atoms with Crippen LogP contribution in [0.15, 0.2) is 91.1 Å². The van der Waals surface area contributed by atoms with E-state index in [1.54, 1.807) is 7.11 Å². The van der Waals surface area contributed by atoms with Crippen LogP contribution in [0.4, 0.5) is 0 Å². The predicted octanol–water partition coefficient (Wildman–Crippen LogP) is 3.30. The number of benzene rings is 3. The van der Waals surface area contributed by atoms with Gasteiger partial charge in [-0.2, -0.15) is 0 Å². The summed E-state index contributed by atoms with van der Waals surface area (Å²) in [6.07, 6.45) is 1.83. The Morgan fingerprint density at radius 3 is 1.97 bits per heavy atom. The maximum absolute atomic E-state index is 6.11. The topological polar surface area (TPSA) is 53.5 Å². The van der Waals surface area contributed by atoms with E-state index in [0.29, 0.717) is 25.1 Å². The fourth-order valence-electron chi connectivity index (χ4n) is 2.80. The van der Waals surface area contributed by atoms with Gasteiger partial charge in [-0.15, -0.1) is 0 Å². The fourth-order valence-corrected chi connectivity index (χ4v) is 5.15. The van der Waals surface area contributed by atoms with Gasteiger partial charge in [0.25, 0.3) is 0 Å². The normalized spacial score (nSPS) is 10.5. The van der Waals surface area contributed by atoms with Gasteiger partial charge in [0.1, 0.15) is 0 Å². The molecule has 0 amide bonds. The molecule has 0 bridgehead atoms. The van der Waals surface area contributed by atoms with Crippen LogP contribution in [-0.2, 0) is 13.2 Å². The second-order valence-corrected chi connectivity index (χ2v) is 9.83. The number of methoxy groups -OCH3 is 1. The van der Waals surface area contributed by atoms with Crippen LogP contribution < -0.4 is 21.4 Å². The summed E-state index contributed by atoms with van der Waals surface area (Å²) in [5.74, 6) is 1.43. The van der Waals surface area contributed by atoms with Crippen LogP contribution in [0.5, 0.6) is 17.6 Å². The van der Waals surface area contributed by atoms with Gasteiger partial charge in [0, 0.05) is 0 Å². The monoisotopic (exact) mass is 528 g/mol. The molecule has 6 heteroatoms. The molecule has 0 aliphatic carbocycles. The molecule has 31 heavy (non-hydrogen) atoms. The van der Waals surface area contributed by atoms with E-state index in [1.165, 1.54) is 3.61 Å². The molecule has 1 aromatic heterocycles. The second kappa shape index (κ2) is 10.8. The molecule has 0 aliphatic heterocycles. The second-order valence-electron chi connectivity index (χ2n) is 6.65. The Balaban J connectivity index is 1.52. The third-order valence-corrected chi connectivity index (χ3v) is 7.29. The molecule has 0 atom stereocenters. The summed E-state index contributed by atoms with van der Waals surface area (Å²) in [4.78, 5) is 9.02. The van der Waals surface area contributed by atoms with Crippen molar-refractivity contribution in [3.05, 3.63) is 102 Å². The first-order valence-electron chi connectivity index (χ1n) is 9.82. The zero-order valence-corrected chi connectivity index (χ0v) is 19.4. The van der Waals surface area contributed by atoms with Gasteiger partial charge in [0.05, 0.1) is 0 Å². The van der Waals surface area contributed by atoms with E-state index >= 15 is 0 Å². The van der Waals surface area contributed by atoms with Gasteiger partial charge in [-0.25, -0.2) is 0 Å². The molecule has 0 saturated carbocycles. The molecule has 3 aromatic carbocycles. The number of rotatable bonds is 9. The van der Waals surface area contributed by atoms with Crippen LogP contribution in [0, 0.1) is 0 Å². The van der Waals surface area contributed by atoms with Gasteiger partial charge in [-0.3, -0.25) is 0 Å². The zero-order valence-electron chi connectivity index (χ0n) is 17.1. The molecule has 0 aliphatic rings. The van der Waals surface area contributed by atoms with Crippen molar-refractivity contribution in [1.29, 1.82) is 0 Å². The summed E-state index contributed by atoms with van der Waals surface area (Å²) in [5, 5.41) is 0. The summed E-state index contributed by atoms with van der Waals surface area (Å²) in [7, 11) is 1.67. The van der Waals surface area contributed by atoms with Gasteiger partial charge in [0.15, 0.2) is 0 Å². The molecule has 5 nitrogen and oxygen atoms in total. The molecule has 1 heterocycles. The van der Waals surface area contributed by atoms with E-state index in [9.17, 15) is 0 Å². The molecule has 0 unspecified atom stereocenters. The molecule has 0 N–H and O–H groups in total. The van der Waals surface area contributed by atoms with E-state index in [1.807, 2.05) is 79.0 Å². The molecule has 0 radical (unpaired) electrons. The average molecular weight is 526 g/mol. The number of hydrogen-bond donors (Lipinski definition) is 0. The van der Waals surface area contributed by atoms with Crippen molar-refractivity contribution in [2.24, 2.45) is 0 Å². The van der Waals surface area contributed by atoms with Gasteiger partial charge in [0.2, 0.25) is 0 Å². The van der Waals surface area contributed by atoms with E-state index in [-0.39, 0.29) is 0 Å². The standard InChI is InChI=1S/C25H22N2O3Te/c1-28-21-12-14-22(15-13-21)31-23-16-26-25(30-18-20-10-6-3-7-11-20)27-24(23)29-17-19-8-4-2-5-9-19/h2-16H,17-18H2,1H3. The molecular formula is C25H22N2O3Te. The van der Waals surface area contributed by atoms with E-state index in [4.69, 9.17) is 14.2 Å². The van der Waals surface area contributed by atoms with Gasteiger partial charge >= 0.3 is 193 Å². The summed E-state index contributed by atoms with van der Waals surface area (Å²) in [6, 6.07) is 28.5. The maximum atomic E-state index is 6.11. The number of ether oxygens (including phenoxy) is 3. The minimum atomic E-state index is -0.734. The van der Waals surface area contributed by atoms with Crippen molar-refractivity contribution >= 4 is 28.1 Å². The Hall–Kier alpha value is -3.07. The Labute approximate surface area is 192 Å². The molecule has 0 spiro atoms. The Bertz CT molecular complexity index is 1090. The van der Waals surface area contributed by atoms with Gasteiger partial charge in [-0.05, 0) is 0 Å². The van der Waals surface area contributed by atoms with Crippen LogP contribution in [0.1, 0.15) is 11.1 Å². The number of nitrogens with zero attached hydrogens (tertiary/aromatic N) is 2. The first-order chi connectivity index (χ1) is 15.3. The number of hydrogen-bond acceptors (Lipinski definition) is 5. The molecule has 156 valence electrons. The van der Waals surface area contributed by atoms with Crippen LogP contribution in [-0.4, -0.2) is 38.0 Å². The molecule has 0 saturated heterocycles. The van der Waals surface area contributed by atoms with Gasteiger partial charge < -0.3 is 0 Å². The molecule has 4 aromatic rings. The van der Waals surface area contributed by atoms with Gasteiger partial charge in [-0.1, -0.05) is 0 Å². The number of aromatic nitrogens is 2. The predicted molar refractivity (Wildman–Crippen MR) is 122 cm³/mol. The summed E-state index contributed by atoms with van der Waals surface area (Å²) in [6.45, 7) is 0.853. The Kier molecular flexibility index (Phi) is 7.38. The van der Waals surface area contributed by atoms with Crippen molar-refractivity contribution < 1.29 is 14.2 Å².